The summed E-state index contributed by atoms with van der Waals surface area (Å²) in [5.41, 5.74) is -1.44. The number of aromatic amines is 1. The van der Waals surface area contributed by atoms with Crippen molar-refractivity contribution in [2.75, 3.05) is 6.61 Å². The van der Waals surface area contributed by atoms with Gasteiger partial charge in [-0.05, 0) is 42.3 Å². The summed E-state index contributed by atoms with van der Waals surface area (Å²) in [5, 5.41) is 0.0895. The number of rotatable bonds is 5. The first-order valence-corrected chi connectivity index (χ1v) is 18.2. The molecule has 0 bridgehead atoms. The van der Waals surface area contributed by atoms with E-state index in [0.717, 1.165) is 0 Å². The maximum Gasteiger partial charge on any atom is 0.331 e. The molecular formula is C23H39BrN2O5Si2. The average Bonchev–Trinajstić information content (AvgIpc) is 3.08. The molecule has 3 heterocycles. The van der Waals surface area contributed by atoms with Crippen LogP contribution in [0.2, 0.25) is 36.3 Å². The van der Waals surface area contributed by atoms with E-state index < -0.39 is 33.6 Å². The molecule has 3 atom stereocenters. The Balaban J connectivity index is 2.01. The van der Waals surface area contributed by atoms with Crippen molar-refractivity contribution in [1.82, 2.24) is 9.55 Å². The van der Waals surface area contributed by atoms with Crippen molar-refractivity contribution in [2.45, 2.75) is 102 Å². The fraction of sp³-hybridized carbons (Fsp3) is 0.739. The molecule has 1 saturated heterocycles. The van der Waals surface area contributed by atoms with Crippen LogP contribution in [-0.4, -0.2) is 45.0 Å². The number of nitrogens with one attached hydrogen (secondary N) is 1. The van der Waals surface area contributed by atoms with Crippen LogP contribution in [-0.2, 0) is 19.3 Å². The van der Waals surface area contributed by atoms with E-state index in [1.807, 2.05) is 0 Å². The van der Waals surface area contributed by atoms with E-state index in [1.165, 1.54) is 10.6 Å². The summed E-state index contributed by atoms with van der Waals surface area (Å²) in [6, 6.07) is 1.42. The van der Waals surface area contributed by atoms with Gasteiger partial charge in [0.15, 0.2) is 22.4 Å². The van der Waals surface area contributed by atoms with Crippen molar-refractivity contribution in [3.63, 3.8) is 0 Å². The number of aromatic nitrogens is 2. The zero-order valence-corrected chi connectivity index (χ0v) is 25.2. The predicted molar refractivity (Wildman–Crippen MR) is 141 cm³/mol. The number of H-pyrrole nitrogens is 1. The van der Waals surface area contributed by atoms with Crippen LogP contribution < -0.4 is 11.2 Å². The van der Waals surface area contributed by atoms with Crippen LogP contribution in [0, 0.1) is 0 Å². The maximum absolute atomic E-state index is 12.9. The molecule has 0 amide bonds. The molecular weight excluding hydrogens is 520 g/mol. The molecule has 0 unspecified atom stereocenters. The van der Waals surface area contributed by atoms with Crippen molar-refractivity contribution in [1.29, 1.82) is 0 Å². The predicted octanol–water partition coefficient (Wildman–Crippen LogP) is 5.14. The van der Waals surface area contributed by atoms with Gasteiger partial charge in [-0.3, -0.25) is 14.3 Å². The number of fused-ring (bicyclic) bond motifs is 2. The fourth-order valence-electron chi connectivity index (χ4n) is 3.74. The third-order valence-electron chi connectivity index (χ3n) is 7.89. The van der Waals surface area contributed by atoms with Crippen molar-refractivity contribution in [3.8, 4) is 0 Å². The van der Waals surface area contributed by atoms with E-state index in [1.54, 1.807) is 6.08 Å². The smallest absolute Gasteiger partial charge is 0.331 e. The summed E-state index contributed by atoms with van der Waals surface area (Å²) in [6.45, 7) is 22.5. The molecule has 186 valence electrons. The maximum atomic E-state index is 12.9. The van der Waals surface area contributed by atoms with Gasteiger partial charge in [0.1, 0.15) is 6.10 Å². The van der Waals surface area contributed by atoms with Crippen LogP contribution in [0.5, 0.6) is 0 Å². The number of halogens is 1. The molecule has 0 aliphatic carbocycles. The molecule has 0 radical (unpaired) electrons. The summed E-state index contributed by atoms with van der Waals surface area (Å²) < 4.78 is 22.3. The molecule has 1 aromatic heterocycles. The standard InChI is InChI=1S/C23H39BrN2O5Si2/c1-21(2,3)32(7,8)29-14-17-16(31-33(9,10)22(4,5)6)13-23(30-17)18(24)11-15-12-19(27)25-20(28)26(15)23/h11-12,16-17H,13-14H2,1-10H3,(H,25,27,28)/t16-,17+,23+/m0/s1. The van der Waals surface area contributed by atoms with Crippen molar-refractivity contribution in [3.05, 3.63) is 37.1 Å². The van der Waals surface area contributed by atoms with Crippen LogP contribution >= 0.6 is 15.9 Å². The highest BCUT2D eigenvalue weighted by Crippen LogP contribution is 2.50. The van der Waals surface area contributed by atoms with E-state index in [4.69, 9.17) is 13.6 Å². The summed E-state index contributed by atoms with van der Waals surface area (Å²) >= 11 is 3.64. The first-order valence-electron chi connectivity index (χ1n) is 11.5. The highest BCUT2D eigenvalue weighted by molar-refractivity contribution is 9.11. The van der Waals surface area contributed by atoms with Gasteiger partial charge in [-0.2, -0.15) is 0 Å². The van der Waals surface area contributed by atoms with E-state index >= 15 is 0 Å². The van der Waals surface area contributed by atoms with Gasteiger partial charge >= 0.3 is 5.69 Å². The molecule has 2 aliphatic heterocycles. The average molecular weight is 560 g/mol. The van der Waals surface area contributed by atoms with Crippen LogP contribution in [0.25, 0.3) is 6.08 Å². The second-order valence-electron chi connectivity index (χ2n) is 12.3. The molecule has 0 aromatic carbocycles. The lowest BCUT2D eigenvalue weighted by Crippen LogP contribution is -2.48. The molecule has 10 heteroatoms. The summed E-state index contributed by atoms with van der Waals surface area (Å²) in [4.78, 5) is 27.1. The van der Waals surface area contributed by atoms with Crippen molar-refractivity contribution < 1.29 is 13.6 Å². The lowest BCUT2D eigenvalue weighted by molar-refractivity contribution is -0.0855. The van der Waals surface area contributed by atoms with Gasteiger partial charge in [0.05, 0.1) is 22.9 Å². The number of hydrogen-bond acceptors (Lipinski definition) is 5. The third-order valence-corrected chi connectivity index (χ3v) is 17.7. The first-order chi connectivity index (χ1) is 14.8. The molecule has 1 fully saturated rings. The van der Waals surface area contributed by atoms with Gasteiger partial charge in [0, 0.05) is 12.5 Å². The van der Waals surface area contributed by atoms with E-state index in [9.17, 15) is 9.59 Å². The SMILES string of the molecule is CC(C)(C)[Si](C)(C)OC[C@H]1O[C@]2(C[C@@H]1O[Si](C)(C)C(C)(C)C)C(Br)=Cc1cc(=O)[nH]c(=O)n12. The Labute approximate surface area is 207 Å². The second kappa shape index (κ2) is 8.41. The lowest BCUT2D eigenvalue weighted by atomic mass is 10.1. The topological polar surface area (TPSA) is 82.6 Å². The largest absolute Gasteiger partial charge is 0.414 e. The lowest BCUT2D eigenvalue weighted by Gasteiger charge is -2.40. The fourth-order valence-corrected chi connectivity index (χ4v) is 6.77. The van der Waals surface area contributed by atoms with Gasteiger partial charge in [-0.15, -0.1) is 0 Å². The van der Waals surface area contributed by atoms with Gasteiger partial charge in [-0.1, -0.05) is 57.5 Å². The molecule has 1 aromatic rings. The number of ether oxygens (including phenoxy) is 1. The van der Waals surface area contributed by atoms with E-state index in [-0.39, 0.29) is 22.3 Å². The normalized spacial score (nSPS) is 26.1. The van der Waals surface area contributed by atoms with Crippen LogP contribution in [0.4, 0.5) is 0 Å². The molecule has 7 nitrogen and oxygen atoms in total. The Morgan fingerprint density at radius 1 is 1.12 bits per heavy atom. The van der Waals surface area contributed by atoms with Gasteiger partial charge < -0.3 is 13.6 Å². The minimum absolute atomic E-state index is 0.0241. The Hall–Kier alpha value is -0.786. The van der Waals surface area contributed by atoms with Gasteiger partial charge in [0.2, 0.25) is 0 Å². The minimum Gasteiger partial charge on any atom is -0.414 e. The second-order valence-corrected chi connectivity index (χ2v) is 22.7. The number of hydrogen-bond donors (Lipinski definition) is 1. The summed E-state index contributed by atoms with van der Waals surface area (Å²) in [6.07, 6.45) is 1.65. The Kier molecular flexibility index (Phi) is 6.83. The molecule has 0 saturated carbocycles. The zero-order chi connectivity index (χ0) is 25.2. The van der Waals surface area contributed by atoms with Gasteiger partial charge in [0.25, 0.3) is 5.56 Å². The summed E-state index contributed by atoms with van der Waals surface area (Å²) in [5.74, 6) is 0. The quantitative estimate of drug-likeness (QED) is 0.506. The molecule has 3 rings (SSSR count). The van der Waals surface area contributed by atoms with Crippen LogP contribution in [0.3, 0.4) is 0 Å². The highest BCUT2D eigenvalue weighted by Gasteiger charge is 2.56. The molecule has 1 spiro atoms. The molecule has 1 N–H and O–H groups in total. The summed E-state index contributed by atoms with van der Waals surface area (Å²) in [7, 11) is -4.15. The van der Waals surface area contributed by atoms with Crippen LogP contribution in [0.15, 0.2) is 20.1 Å². The third kappa shape index (κ3) is 4.84. The van der Waals surface area contributed by atoms with E-state index in [0.29, 0.717) is 23.2 Å². The highest BCUT2D eigenvalue weighted by atomic mass is 79.9. The Morgan fingerprint density at radius 3 is 2.24 bits per heavy atom. The number of nitrogens with zero attached hydrogens (tertiary/aromatic N) is 1. The van der Waals surface area contributed by atoms with Crippen molar-refractivity contribution >= 4 is 38.6 Å². The Morgan fingerprint density at radius 2 is 1.70 bits per heavy atom. The minimum atomic E-state index is -2.13. The molecule has 2 aliphatic rings. The Bertz CT molecular complexity index is 1060. The van der Waals surface area contributed by atoms with Crippen molar-refractivity contribution in [2.24, 2.45) is 0 Å². The monoisotopic (exact) mass is 558 g/mol. The zero-order valence-electron chi connectivity index (χ0n) is 21.6. The molecule has 33 heavy (non-hydrogen) atoms. The first kappa shape index (κ1) is 26.8. The van der Waals surface area contributed by atoms with E-state index in [2.05, 4.69) is 88.6 Å². The van der Waals surface area contributed by atoms with Gasteiger partial charge in [-0.25, -0.2) is 4.79 Å². The van der Waals surface area contributed by atoms with Crippen LogP contribution in [0.1, 0.15) is 53.7 Å².